The number of rotatable bonds is 3. The van der Waals surface area contributed by atoms with Gasteiger partial charge < -0.3 is 15.2 Å². The second kappa shape index (κ2) is 5.95. The molecule has 88 valence electrons. The highest BCUT2D eigenvalue weighted by atomic mass is 16.5. The van der Waals surface area contributed by atoms with E-state index in [4.69, 9.17) is 4.74 Å². The maximum Gasteiger partial charge on any atom is 0.407 e. The minimum absolute atomic E-state index is 0.174. The van der Waals surface area contributed by atoms with Crippen LogP contribution in [-0.2, 0) is 4.74 Å². The van der Waals surface area contributed by atoms with Crippen LogP contribution in [0.4, 0.5) is 4.79 Å². The summed E-state index contributed by atoms with van der Waals surface area (Å²) in [5.41, 5.74) is 0. The fourth-order valence-electron chi connectivity index (χ4n) is 1.67. The molecule has 0 heterocycles. The molecule has 0 aromatic carbocycles. The predicted molar refractivity (Wildman–Crippen MR) is 57.6 cm³/mol. The summed E-state index contributed by atoms with van der Waals surface area (Å²) in [6.07, 6.45) is 2.72. The Labute approximate surface area is 91.0 Å². The van der Waals surface area contributed by atoms with Crippen LogP contribution in [0.3, 0.4) is 0 Å². The first-order valence-electron chi connectivity index (χ1n) is 5.69. The van der Waals surface area contributed by atoms with E-state index in [2.05, 4.69) is 5.32 Å². The van der Waals surface area contributed by atoms with E-state index in [9.17, 15) is 9.90 Å². The molecule has 0 atom stereocenters. The largest absolute Gasteiger partial charge is 0.449 e. The molecule has 0 aromatic heterocycles. The predicted octanol–water partition coefficient (Wildman–Crippen LogP) is 1.67. The highest BCUT2D eigenvalue weighted by molar-refractivity contribution is 5.67. The smallest absolute Gasteiger partial charge is 0.407 e. The molecule has 4 heteroatoms. The van der Waals surface area contributed by atoms with Crippen molar-refractivity contribution >= 4 is 6.09 Å². The van der Waals surface area contributed by atoms with Gasteiger partial charge in [0.15, 0.2) is 0 Å². The van der Waals surface area contributed by atoms with Crippen molar-refractivity contribution in [1.29, 1.82) is 0 Å². The first-order chi connectivity index (χ1) is 7.08. The van der Waals surface area contributed by atoms with Gasteiger partial charge in [0.25, 0.3) is 0 Å². The molecule has 1 aliphatic carbocycles. The number of aliphatic hydroxyl groups excluding tert-OH is 1. The Balaban J connectivity index is 2.15. The summed E-state index contributed by atoms with van der Waals surface area (Å²) in [6, 6.07) is 0.174. The molecule has 1 saturated carbocycles. The molecule has 0 bridgehead atoms. The lowest BCUT2D eigenvalue weighted by molar-refractivity contribution is 0.102. The summed E-state index contributed by atoms with van der Waals surface area (Å²) in [7, 11) is 0. The summed E-state index contributed by atoms with van der Waals surface area (Å²) >= 11 is 0. The highest BCUT2D eigenvalue weighted by Crippen LogP contribution is 2.18. The Bertz CT molecular complexity index is 198. The molecule has 0 aromatic rings. The van der Waals surface area contributed by atoms with Crippen LogP contribution < -0.4 is 5.32 Å². The van der Waals surface area contributed by atoms with Gasteiger partial charge in [0.1, 0.15) is 0 Å². The molecule has 15 heavy (non-hydrogen) atoms. The molecule has 1 rings (SSSR count). The Morgan fingerprint density at radius 2 is 2.00 bits per heavy atom. The highest BCUT2D eigenvalue weighted by Gasteiger charge is 2.21. The van der Waals surface area contributed by atoms with Crippen molar-refractivity contribution in [1.82, 2.24) is 5.32 Å². The van der Waals surface area contributed by atoms with E-state index in [1.165, 1.54) is 0 Å². The third-order valence-corrected chi connectivity index (χ3v) is 2.57. The Kier molecular flexibility index (Phi) is 4.88. The van der Waals surface area contributed by atoms with Gasteiger partial charge in [0.2, 0.25) is 0 Å². The molecule has 1 amide bonds. The van der Waals surface area contributed by atoms with Crippen molar-refractivity contribution in [2.24, 2.45) is 5.92 Å². The fourth-order valence-corrected chi connectivity index (χ4v) is 1.67. The lowest BCUT2D eigenvalue weighted by atomic mass is 9.93. The van der Waals surface area contributed by atoms with Gasteiger partial charge >= 0.3 is 6.09 Å². The summed E-state index contributed by atoms with van der Waals surface area (Å²) < 4.78 is 5.02. The zero-order valence-electron chi connectivity index (χ0n) is 9.53. The number of ether oxygens (including phenoxy) is 1. The van der Waals surface area contributed by atoms with Gasteiger partial charge in [-0.2, -0.15) is 0 Å². The second-order valence-corrected chi connectivity index (χ2v) is 4.64. The van der Waals surface area contributed by atoms with Gasteiger partial charge in [-0.1, -0.05) is 13.8 Å². The zero-order valence-corrected chi connectivity index (χ0v) is 9.53. The van der Waals surface area contributed by atoms with Crippen LogP contribution in [-0.4, -0.2) is 30.0 Å². The van der Waals surface area contributed by atoms with Crippen LogP contribution in [0.2, 0.25) is 0 Å². The molecule has 0 aliphatic heterocycles. The first-order valence-corrected chi connectivity index (χ1v) is 5.69. The minimum atomic E-state index is -0.329. The van der Waals surface area contributed by atoms with Crippen LogP contribution in [0.1, 0.15) is 39.5 Å². The molecule has 1 aliphatic rings. The first kappa shape index (κ1) is 12.3. The van der Waals surface area contributed by atoms with E-state index in [1.807, 2.05) is 13.8 Å². The number of amides is 1. The summed E-state index contributed by atoms with van der Waals surface area (Å²) in [4.78, 5) is 11.3. The Morgan fingerprint density at radius 3 is 2.53 bits per heavy atom. The molecule has 0 unspecified atom stereocenters. The lowest BCUT2D eigenvalue weighted by Crippen LogP contribution is -2.39. The van der Waals surface area contributed by atoms with Crippen molar-refractivity contribution in [3.63, 3.8) is 0 Å². The van der Waals surface area contributed by atoms with E-state index >= 15 is 0 Å². The number of carbonyl (C=O) groups excluding carboxylic acids is 1. The normalized spacial score (nSPS) is 26.4. The van der Waals surface area contributed by atoms with E-state index in [0.717, 1.165) is 25.7 Å². The van der Waals surface area contributed by atoms with E-state index < -0.39 is 0 Å². The van der Waals surface area contributed by atoms with Gasteiger partial charge in [-0.15, -0.1) is 0 Å². The number of nitrogens with one attached hydrogen (secondary N) is 1. The maximum atomic E-state index is 11.3. The maximum absolute atomic E-state index is 11.3. The second-order valence-electron chi connectivity index (χ2n) is 4.64. The minimum Gasteiger partial charge on any atom is -0.449 e. The van der Waals surface area contributed by atoms with Crippen molar-refractivity contribution in [2.75, 3.05) is 6.61 Å². The van der Waals surface area contributed by atoms with Crippen LogP contribution in [0.5, 0.6) is 0 Å². The molecule has 1 fully saturated rings. The quantitative estimate of drug-likeness (QED) is 0.753. The number of hydrogen-bond donors (Lipinski definition) is 2. The number of carbonyl (C=O) groups is 1. The monoisotopic (exact) mass is 215 g/mol. The summed E-state index contributed by atoms with van der Waals surface area (Å²) in [6.45, 7) is 4.47. The topological polar surface area (TPSA) is 58.6 Å². The Morgan fingerprint density at radius 1 is 1.40 bits per heavy atom. The van der Waals surface area contributed by atoms with Crippen LogP contribution in [0.25, 0.3) is 0 Å². The van der Waals surface area contributed by atoms with Crippen molar-refractivity contribution in [3.05, 3.63) is 0 Å². The van der Waals surface area contributed by atoms with Crippen molar-refractivity contribution < 1.29 is 14.6 Å². The molecule has 0 saturated heterocycles. The van der Waals surface area contributed by atoms with Gasteiger partial charge in [-0.3, -0.25) is 0 Å². The third-order valence-electron chi connectivity index (χ3n) is 2.57. The summed E-state index contributed by atoms with van der Waals surface area (Å²) in [5.74, 6) is 0.365. The SMILES string of the molecule is CC(C)COC(=O)NC1CCC(O)CC1. The van der Waals surface area contributed by atoms with Crippen LogP contribution in [0.15, 0.2) is 0 Å². The molecule has 0 radical (unpaired) electrons. The van der Waals surface area contributed by atoms with Gasteiger partial charge in [0, 0.05) is 6.04 Å². The van der Waals surface area contributed by atoms with E-state index in [-0.39, 0.29) is 18.2 Å². The van der Waals surface area contributed by atoms with Crippen molar-refractivity contribution in [2.45, 2.75) is 51.7 Å². The number of alkyl carbamates (subject to hydrolysis) is 1. The standard InChI is InChI=1S/C11H21NO3/c1-8(2)7-15-11(14)12-9-3-5-10(13)6-4-9/h8-10,13H,3-7H2,1-2H3,(H,12,14). The van der Waals surface area contributed by atoms with Crippen LogP contribution >= 0.6 is 0 Å². The van der Waals surface area contributed by atoms with Gasteiger partial charge in [0.05, 0.1) is 12.7 Å². The molecular formula is C11H21NO3. The molecule has 0 spiro atoms. The summed E-state index contributed by atoms with van der Waals surface area (Å²) in [5, 5.41) is 12.1. The lowest BCUT2D eigenvalue weighted by Gasteiger charge is -2.25. The number of aliphatic hydroxyl groups is 1. The van der Waals surface area contributed by atoms with Gasteiger partial charge in [-0.05, 0) is 31.6 Å². The molecule has 4 nitrogen and oxygen atoms in total. The van der Waals surface area contributed by atoms with Crippen LogP contribution in [0, 0.1) is 5.92 Å². The fraction of sp³-hybridized carbons (Fsp3) is 0.909. The average molecular weight is 215 g/mol. The average Bonchev–Trinajstić information content (AvgIpc) is 2.19. The molecule has 2 N–H and O–H groups in total. The Hall–Kier alpha value is -0.770. The molecular weight excluding hydrogens is 194 g/mol. The number of hydrogen-bond acceptors (Lipinski definition) is 3. The van der Waals surface area contributed by atoms with E-state index in [1.54, 1.807) is 0 Å². The van der Waals surface area contributed by atoms with Crippen molar-refractivity contribution in [3.8, 4) is 0 Å². The third kappa shape index (κ3) is 5.02. The van der Waals surface area contributed by atoms with Gasteiger partial charge in [-0.25, -0.2) is 4.79 Å². The van der Waals surface area contributed by atoms with E-state index in [0.29, 0.717) is 12.5 Å². The zero-order chi connectivity index (χ0) is 11.3.